The van der Waals surface area contributed by atoms with Gasteiger partial charge in [0.1, 0.15) is 34.8 Å². The standard InChI is InChI=1S/C29H18ClN7O/c30-22-13-11-19(12-14-22)26-24(15-31)28(33)37(29(38)25(26)16-32)34-17-21-18-36(23-9-5-2-6-10-23)35-27(21)20-7-3-1-4-8-20/h1-14,17-18H,33H2/b34-17+. The first-order valence-corrected chi connectivity index (χ1v) is 11.8. The number of rotatable bonds is 5. The number of hydrogen-bond acceptors (Lipinski definition) is 6. The normalized spacial score (nSPS) is 10.8. The zero-order valence-corrected chi connectivity index (χ0v) is 20.5. The van der Waals surface area contributed by atoms with Gasteiger partial charge < -0.3 is 5.73 Å². The Morgan fingerprint density at radius 3 is 2.13 bits per heavy atom. The highest BCUT2D eigenvalue weighted by molar-refractivity contribution is 6.30. The monoisotopic (exact) mass is 515 g/mol. The zero-order chi connectivity index (χ0) is 26.6. The van der Waals surface area contributed by atoms with E-state index in [0.29, 0.717) is 21.8 Å². The van der Waals surface area contributed by atoms with Gasteiger partial charge in [0.15, 0.2) is 0 Å². The van der Waals surface area contributed by atoms with Crippen molar-refractivity contribution in [3.63, 3.8) is 0 Å². The second-order valence-corrected chi connectivity index (χ2v) is 8.62. The minimum absolute atomic E-state index is 0.0381. The maximum atomic E-state index is 13.3. The van der Waals surface area contributed by atoms with Crippen LogP contribution < -0.4 is 11.3 Å². The van der Waals surface area contributed by atoms with E-state index in [9.17, 15) is 15.3 Å². The average molecular weight is 516 g/mol. The van der Waals surface area contributed by atoms with E-state index in [2.05, 4.69) is 5.10 Å². The molecule has 0 aliphatic heterocycles. The highest BCUT2D eigenvalue weighted by Crippen LogP contribution is 2.30. The minimum Gasteiger partial charge on any atom is -0.382 e. The number of nitrogens with two attached hydrogens (primary N) is 1. The Hall–Kier alpha value is -5.44. The van der Waals surface area contributed by atoms with Crippen molar-refractivity contribution < 1.29 is 0 Å². The molecule has 5 aromatic rings. The molecule has 8 nitrogen and oxygen atoms in total. The lowest BCUT2D eigenvalue weighted by molar-refractivity contribution is 0.841. The third-order valence-corrected chi connectivity index (χ3v) is 6.12. The summed E-state index contributed by atoms with van der Waals surface area (Å²) in [7, 11) is 0. The zero-order valence-electron chi connectivity index (χ0n) is 19.8. The number of aromatic nitrogens is 3. The maximum absolute atomic E-state index is 13.3. The number of pyridine rings is 1. The predicted octanol–water partition coefficient (Wildman–Crippen LogP) is 5.23. The topological polar surface area (TPSA) is 126 Å². The lowest BCUT2D eigenvalue weighted by atomic mass is 9.97. The molecule has 0 amide bonds. The molecule has 2 N–H and O–H groups in total. The van der Waals surface area contributed by atoms with Gasteiger partial charge in [-0.1, -0.05) is 72.3 Å². The fourth-order valence-electron chi connectivity index (χ4n) is 4.05. The summed E-state index contributed by atoms with van der Waals surface area (Å²) >= 11 is 5.99. The van der Waals surface area contributed by atoms with Crippen LogP contribution in [0.25, 0.3) is 28.1 Å². The van der Waals surface area contributed by atoms with Gasteiger partial charge in [0.05, 0.1) is 11.9 Å². The van der Waals surface area contributed by atoms with Gasteiger partial charge in [-0.2, -0.15) is 25.4 Å². The van der Waals surface area contributed by atoms with E-state index in [1.54, 1.807) is 35.1 Å². The van der Waals surface area contributed by atoms with E-state index in [4.69, 9.17) is 22.4 Å². The van der Waals surface area contributed by atoms with Crippen molar-refractivity contribution >= 4 is 23.6 Å². The number of anilines is 1. The van der Waals surface area contributed by atoms with Gasteiger partial charge in [0, 0.05) is 27.9 Å². The lowest BCUT2D eigenvalue weighted by Crippen LogP contribution is -2.25. The molecule has 0 atom stereocenters. The summed E-state index contributed by atoms with van der Waals surface area (Å²) in [5.74, 6) is -0.186. The van der Waals surface area contributed by atoms with Crippen molar-refractivity contribution in [1.82, 2.24) is 14.5 Å². The van der Waals surface area contributed by atoms with Gasteiger partial charge in [-0.05, 0) is 29.8 Å². The van der Waals surface area contributed by atoms with E-state index in [1.165, 1.54) is 6.21 Å². The second-order valence-electron chi connectivity index (χ2n) is 8.18. The van der Waals surface area contributed by atoms with Crippen LogP contribution in [0.4, 0.5) is 5.82 Å². The molecular formula is C29H18ClN7O. The number of nitrogens with zero attached hydrogens (tertiary/aromatic N) is 6. The van der Waals surface area contributed by atoms with Crippen LogP contribution in [0.1, 0.15) is 16.7 Å². The molecule has 9 heteroatoms. The molecule has 2 heterocycles. The maximum Gasteiger partial charge on any atom is 0.291 e. The number of nitriles is 2. The van der Waals surface area contributed by atoms with Crippen LogP contribution in [0.2, 0.25) is 5.02 Å². The molecular weight excluding hydrogens is 498 g/mol. The van der Waals surface area contributed by atoms with Crippen LogP contribution >= 0.6 is 11.6 Å². The molecule has 5 rings (SSSR count). The van der Waals surface area contributed by atoms with Crippen LogP contribution in [-0.4, -0.2) is 20.7 Å². The molecule has 2 aromatic heterocycles. The van der Waals surface area contributed by atoms with E-state index in [1.807, 2.05) is 72.8 Å². The minimum atomic E-state index is -0.748. The fourth-order valence-corrected chi connectivity index (χ4v) is 4.18. The lowest BCUT2D eigenvalue weighted by Gasteiger charge is -2.12. The summed E-state index contributed by atoms with van der Waals surface area (Å²) in [5, 5.41) is 29.3. The van der Waals surface area contributed by atoms with Crippen LogP contribution in [-0.2, 0) is 0 Å². The number of para-hydroxylation sites is 1. The SMILES string of the molecule is N#Cc1c(-c2ccc(Cl)cc2)c(C#N)c(=O)n(/N=C/c2cn(-c3ccccc3)nc2-c2ccccc2)c1N. The Labute approximate surface area is 222 Å². The van der Waals surface area contributed by atoms with Gasteiger partial charge in [-0.3, -0.25) is 4.79 Å². The molecule has 0 spiro atoms. The first-order valence-electron chi connectivity index (χ1n) is 11.4. The summed E-state index contributed by atoms with van der Waals surface area (Å²) < 4.78 is 2.58. The summed E-state index contributed by atoms with van der Waals surface area (Å²) in [6.45, 7) is 0. The largest absolute Gasteiger partial charge is 0.382 e. The van der Waals surface area contributed by atoms with E-state index in [-0.39, 0.29) is 22.5 Å². The quantitative estimate of drug-likeness (QED) is 0.321. The summed E-state index contributed by atoms with van der Waals surface area (Å²) in [6, 6.07) is 29.5. The number of hydrogen-bond donors (Lipinski definition) is 1. The Morgan fingerprint density at radius 1 is 0.868 bits per heavy atom. The highest BCUT2D eigenvalue weighted by Gasteiger charge is 2.22. The Bertz CT molecular complexity index is 1810. The van der Waals surface area contributed by atoms with Crippen LogP contribution in [0.5, 0.6) is 0 Å². The number of nitrogen functional groups attached to an aromatic ring is 1. The first-order chi connectivity index (χ1) is 18.5. The van der Waals surface area contributed by atoms with Crippen molar-refractivity contribution in [3.8, 4) is 40.2 Å². The van der Waals surface area contributed by atoms with Gasteiger partial charge in [0.2, 0.25) is 0 Å². The van der Waals surface area contributed by atoms with Crippen LogP contribution in [0, 0.1) is 22.7 Å². The third kappa shape index (κ3) is 4.44. The summed E-state index contributed by atoms with van der Waals surface area (Å²) in [4.78, 5) is 13.3. The fraction of sp³-hybridized carbons (Fsp3) is 0. The molecule has 182 valence electrons. The molecule has 0 saturated heterocycles. The van der Waals surface area contributed by atoms with Crippen molar-refractivity contribution in [1.29, 1.82) is 10.5 Å². The highest BCUT2D eigenvalue weighted by atomic mass is 35.5. The third-order valence-electron chi connectivity index (χ3n) is 5.87. The second kappa shape index (κ2) is 10.3. The Balaban J connectivity index is 1.67. The van der Waals surface area contributed by atoms with Crippen molar-refractivity contribution in [2.24, 2.45) is 5.10 Å². The predicted molar refractivity (Wildman–Crippen MR) is 147 cm³/mol. The summed E-state index contributed by atoms with van der Waals surface area (Å²) in [5.41, 5.74) is 8.76. The van der Waals surface area contributed by atoms with Crippen molar-refractivity contribution in [2.45, 2.75) is 0 Å². The molecule has 3 aromatic carbocycles. The van der Waals surface area contributed by atoms with Crippen molar-refractivity contribution in [2.75, 3.05) is 5.73 Å². The first kappa shape index (κ1) is 24.3. The van der Waals surface area contributed by atoms with E-state index in [0.717, 1.165) is 15.9 Å². The molecule has 38 heavy (non-hydrogen) atoms. The molecule has 0 unspecified atom stereocenters. The smallest absolute Gasteiger partial charge is 0.291 e. The number of halogens is 1. The molecule has 0 aliphatic carbocycles. The Kier molecular flexibility index (Phi) is 6.56. The van der Waals surface area contributed by atoms with Crippen LogP contribution in [0.15, 0.2) is 101 Å². The number of benzene rings is 3. The molecule has 0 bridgehead atoms. The average Bonchev–Trinajstić information content (AvgIpc) is 3.38. The molecule has 0 saturated carbocycles. The molecule has 0 radical (unpaired) electrons. The van der Waals surface area contributed by atoms with E-state index >= 15 is 0 Å². The van der Waals surface area contributed by atoms with Gasteiger partial charge in [-0.25, -0.2) is 4.68 Å². The van der Waals surface area contributed by atoms with Gasteiger partial charge in [0.25, 0.3) is 5.56 Å². The molecule has 0 fully saturated rings. The molecule has 0 aliphatic rings. The van der Waals surface area contributed by atoms with Gasteiger partial charge in [-0.15, -0.1) is 0 Å². The van der Waals surface area contributed by atoms with Gasteiger partial charge >= 0.3 is 0 Å². The Morgan fingerprint density at radius 2 is 1.50 bits per heavy atom. The van der Waals surface area contributed by atoms with Crippen LogP contribution in [0.3, 0.4) is 0 Å². The summed E-state index contributed by atoms with van der Waals surface area (Å²) in [6.07, 6.45) is 3.22. The van der Waals surface area contributed by atoms with E-state index < -0.39 is 5.56 Å². The van der Waals surface area contributed by atoms with Crippen molar-refractivity contribution in [3.05, 3.63) is 123 Å².